The van der Waals surface area contributed by atoms with Crippen molar-refractivity contribution in [2.45, 2.75) is 19.4 Å². The van der Waals surface area contributed by atoms with E-state index in [0.717, 1.165) is 18.2 Å². The van der Waals surface area contributed by atoms with Crippen molar-refractivity contribution in [3.05, 3.63) is 70.0 Å². The van der Waals surface area contributed by atoms with Gasteiger partial charge in [0.2, 0.25) is 5.91 Å². The molecule has 0 unspecified atom stereocenters. The molecule has 2 rings (SSSR count). The number of anilines is 1. The van der Waals surface area contributed by atoms with Crippen molar-refractivity contribution in [2.75, 3.05) is 11.9 Å². The number of nitrogens with zero attached hydrogens (tertiary/aromatic N) is 1. The Hall–Kier alpha value is -3.82. The van der Waals surface area contributed by atoms with Gasteiger partial charge < -0.3 is 15.4 Å². The second kappa shape index (κ2) is 9.93. The second-order valence-corrected chi connectivity index (χ2v) is 6.00. The van der Waals surface area contributed by atoms with Crippen LogP contribution in [0.15, 0.2) is 48.5 Å². The number of carbonyl (C=O) groups excluding carboxylic acids is 3. The SMILES string of the molecule is CC(=O)N[C@@H](CC(=O)OCC(=O)Nc1cc([N+](=O)[O-])ccc1F)c1ccccc1. The second-order valence-electron chi connectivity index (χ2n) is 6.00. The fraction of sp³-hybridized carbons (Fsp3) is 0.211. The first kappa shape index (κ1) is 21.5. The predicted octanol–water partition coefficient (Wildman–Crippen LogP) is 2.48. The Kier molecular flexibility index (Phi) is 7.35. The number of non-ortho nitro benzene ring substituents is 1. The summed E-state index contributed by atoms with van der Waals surface area (Å²) in [6.07, 6.45) is -0.220. The van der Waals surface area contributed by atoms with Gasteiger partial charge in [0.1, 0.15) is 5.82 Å². The fourth-order valence-electron chi connectivity index (χ4n) is 2.46. The Morgan fingerprint density at radius 2 is 1.86 bits per heavy atom. The van der Waals surface area contributed by atoms with Crippen LogP contribution in [0.3, 0.4) is 0 Å². The van der Waals surface area contributed by atoms with Crippen molar-refractivity contribution in [3.8, 4) is 0 Å². The maximum Gasteiger partial charge on any atom is 0.308 e. The molecule has 0 aliphatic heterocycles. The zero-order chi connectivity index (χ0) is 21.4. The van der Waals surface area contributed by atoms with E-state index in [-0.39, 0.29) is 12.3 Å². The van der Waals surface area contributed by atoms with Crippen molar-refractivity contribution in [3.63, 3.8) is 0 Å². The summed E-state index contributed by atoms with van der Waals surface area (Å²) in [6, 6.07) is 10.7. The van der Waals surface area contributed by atoms with Crippen molar-refractivity contribution in [2.24, 2.45) is 0 Å². The minimum Gasteiger partial charge on any atom is -0.455 e. The standard InChI is InChI=1S/C19H18FN3O6/c1-12(24)21-16(13-5-3-2-4-6-13)10-19(26)29-11-18(25)22-17-9-14(23(27)28)7-8-15(17)20/h2-9,16H,10-11H2,1H3,(H,21,24)(H,22,25)/t16-/m0/s1. The number of halogens is 1. The largest absolute Gasteiger partial charge is 0.455 e. The van der Waals surface area contributed by atoms with E-state index in [1.165, 1.54) is 6.92 Å². The summed E-state index contributed by atoms with van der Waals surface area (Å²) in [5, 5.41) is 15.5. The van der Waals surface area contributed by atoms with Gasteiger partial charge in [-0.15, -0.1) is 0 Å². The first-order chi connectivity index (χ1) is 13.8. The molecule has 0 aromatic heterocycles. The first-order valence-corrected chi connectivity index (χ1v) is 8.47. The van der Waals surface area contributed by atoms with Crippen LogP contribution in [-0.2, 0) is 19.1 Å². The lowest BCUT2D eigenvalue weighted by Gasteiger charge is -2.17. The van der Waals surface area contributed by atoms with Crippen molar-refractivity contribution in [1.29, 1.82) is 0 Å². The molecule has 2 amide bonds. The lowest BCUT2D eigenvalue weighted by atomic mass is 10.0. The Labute approximate surface area is 165 Å². The van der Waals surface area contributed by atoms with Crippen LogP contribution >= 0.6 is 0 Å². The number of nitrogens with one attached hydrogen (secondary N) is 2. The third-order valence-electron chi connectivity index (χ3n) is 3.75. The van der Waals surface area contributed by atoms with Crippen LogP contribution in [0.5, 0.6) is 0 Å². The lowest BCUT2D eigenvalue weighted by Crippen LogP contribution is -2.29. The molecule has 29 heavy (non-hydrogen) atoms. The zero-order valence-corrected chi connectivity index (χ0v) is 15.4. The third kappa shape index (κ3) is 6.69. The van der Waals surface area contributed by atoms with E-state index in [2.05, 4.69) is 10.6 Å². The van der Waals surface area contributed by atoms with Crippen LogP contribution in [0, 0.1) is 15.9 Å². The van der Waals surface area contributed by atoms with E-state index in [0.29, 0.717) is 5.56 Å². The van der Waals surface area contributed by atoms with Gasteiger partial charge in [-0.1, -0.05) is 30.3 Å². The number of benzene rings is 2. The van der Waals surface area contributed by atoms with Gasteiger partial charge in [0.15, 0.2) is 6.61 Å². The molecule has 0 fully saturated rings. The Morgan fingerprint density at radius 1 is 1.17 bits per heavy atom. The molecule has 0 bridgehead atoms. The van der Waals surface area contributed by atoms with Crippen LogP contribution in [0.1, 0.15) is 24.9 Å². The summed E-state index contributed by atoms with van der Waals surface area (Å²) in [7, 11) is 0. The third-order valence-corrected chi connectivity index (χ3v) is 3.75. The quantitative estimate of drug-likeness (QED) is 0.396. The van der Waals surface area contributed by atoms with Crippen LogP contribution in [0.25, 0.3) is 0 Å². The molecular formula is C19H18FN3O6. The number of amides is 2. The molecule has 10 heteroatoms. The average Bonchev–Trinajstić information content (AvgIpc) is 2.67. The molecule has 0 spiro atoms. The molecule has 2 N–H and O–H groups in total. The number of rotatable bonds is 8. The molecule has 2 aromatic rings. The topological polar surface area (TPSA) is 128 Å². The Morgan fingerprint density at radius 3 is 2.48 bits per heavy atom. The van der Waals surface area contributed by atoms with Gasteiger partial charge in [-0.05, 0) is 11.6 Å². The van der Waals surface area contributed by atoms with Gasteiger partial charge in [0.05, 0.1) is 23.1 Å². The van der Waals surface area contributed by atoms with Gasteiger partial charge in [0.25, 0.3) is 11.6 Å². The number of hydrogen-bond donors (Lipinski definition) is 2. The van der Waals surface area contributed by atoms with E-state index >= 15 is 0 Å². The minimum absolute atomic E-state index is 0.220. The summed E-state index contributed by atoms with van der Waals surface area (Å²) in [5.41, 5.74) is -0.122. The molecule has 1 atom stereocenters. The van der Waals surface area contributed by atoms with E-state index in [4.69, 9.17) is 4.74 Å². The highest BCUT2D eigenvalue weighted by Gasteiger charge is 2.19. The summed E-state index contributed by atoms with van der Waals surface area (Å²) in [5.74, 6) is -2.84. The Bertz CT molecular complexity index is 919. The van der Waals surface area contributed by atoms with E-state index < -0.39 is 46.6 Å². The summed E-state index contributed by atoms with van der Waals surface area (Å²) in [4.78, 5) is 45.3. The number of nitro benzene ring substituents is 1. The maximum absolute atomic E-state index is 13.7. The highest BCUT2D eigenvalue weighted by atomic mass is 19.1. The molecule has 0 heterocycles. The van der Waals surface area contributed by atoms with Gasteiger partial charge >= 0.3 is 5.97 Å². The molecule has 152 valence electrons. The average molecular weight is 403 g/mol. The monoisotopic (exact) mass is 403 g/mol. The van der Waals surface area contributed by atoms with Crippen LogP contribution in [0.4, 0.5) is 15.8 Å². The lowest BCUT2D eigenvalue weighted by molar-refractivity contribution is -0.384. The molecule has 0 saturated heterocycles. The summed E-state index contributed by atoms with van der Waals surface area (Å²) >= 11 is 0. The smallest absolute Gasteiger partial charge is 0.308 e. The molecule has 0 radical (unpaired) electrons. The number of esters is 1. The fourth-order valence-corrected chi connectivity index (χ4v) is 2.46. The summed E-state index contributed by atoms with van der Waals surface area (Å²) < 4.78 is 18.6. The van der Waals surface area contributed by atoms with Crippen molar-refractivity contribution >= 4 is 29.2 Å². The van der Waals surface area contributed by atoms with Crippen molar-refractivity contribution < 1.29 is 28.4 Å². The molecule has 0 aliphatic carbocycles. The minimum atomic E-state index is -0.870. The summed E-state index contributed by atoms with van der Waals surface area (Å²) in [6.45, 7) is 0.588. The number of carbonyl (C=O) groups is 3. The molecular weight excluding hydrogens is 385 g/mol. The van der Waals surface area contributed by atoms with Gasteiger partial charge in [-0.2, -0.15) is 0 Å². The molecule has 0 saturated carbocycles. The highest BCUT2D eigenvalue weighted by molar-refractivity contribution is 5.93. The normalized spacial score (nSPS) is 11.2. The van der Waals surface area contributed by atoms with Crippen LogP contribution < -0.4 is 10.6 Å². The number of nitro groups is 1. The van der Waals surface area contributed by atoms with Crippen LogP contribution in [-0.4, -0.2) is 29.3 Å². The molecule has 0 aliphatic rings. The molecule has 2 aromatic carbocycles. The number of ether oxygens (including phenoxy) is 1. The van der Waals surface area contributed by atoms with Gasteiger partial charge in [-0.25, -0.2) is 4.39 Å². The van der Waals surface area contributed by atoms with E-state index in [9.17, 15) is 28.9 Å². The van der Waals surface area contributed by atoms with Gasteiger partial charge in [-0.3, -0.25) is 24.5 Å². The Balaban J connectivity index is 1.94. The van der Waals surface area contributed by atoms with Crippen LogP contribution in [0.2, 0.25) is 0 Å². The highest BCUT2D eigenvalue weighted by Crippen LogP contribution is 2.21. The van der Waals surface area contributed by atoms with Gasteiger partial charge in [0, 0.05) is 19.1 Å². The molecule has 9 nitrogen and oxygen atoms in total. The number of hydrogen-bond acceptors (Lipinski definition) is 6. The maximum atomic E-state index is 13.7. The first-order valence-electron chi connectivity index (χ1n) is 8.47. The zero-order valence-electron chi connectivity index (χ0n) is 15.4. The predicted molar refractivity (Wildman–Crippen MR) is 100 cm³/mol. The van der Waals surface area contributed by atoms with E-state index in [1.807, 2.05) is 0 Å². The van der Waals surface area contributed by atoms with E-state index in [1.54, 1.807) is 30.3 Å². The van der Waals surface area contributed by atoms with Crippen molar-refractivity contribution in [1.82, 2.24) is 5.32 Å².